The Morgan fingerprint density at radius 1 is 1.00 bits per heavy atom. The lowest BCUT2D eigenvalue weighted by Crippen LogP contribution is -2.53. The molecule has 2 aromatic rings. The number of fused-ring (bicyclic) bond motifs is 5. The first-order chi connectivity index (χ1) is 13.8. The fraction of sp³-hybridized carbons (Fsp3) is 0.400. The van der Waals surface area contributed by atoms with Crippen molar-refractivity contribution in [3.8, 4) is 11.1 Å². The van der Waals surface area contributed by atoms with E-state index in [0.29, 0.717) is 18.7 Å². The van der Waals surface area contributed by atoms with Gasteiger partial charge in [-0.3, -0.25) is 0 Å². The monoisotopic (exact) mass is 373 g/mol. The molecule has 144 valence electrons. The van der Waals surface area contributed by atoms with Gasteiger partial charge in [0.2, 0.25) is 0 Å². The standard InChI is InChI=1S/C25H27NO2/c1-2-17-14-18-8-7-9-19(15-17)26(18)25(27)28-16-24-22-12-5-3-10-20(22)21-11-4-6-13-23(21)24/h2-6,10-13,18-19,24H,7-9,14-16H2,1H3. The summed E-state index contributed by atoms with van der Waals surface area (Å²) in [6, 6.07) is 17.6. The van der Waals surface area contributed by atoms with Crippen LogP contribution >= 0.6 is 0 Å². The number of carbonyl (C=O) groups excluding carboxylic acids is 1. The quantitative estimate of drug-likeness (QED) is 0.614. The molecule has 0 N–H and O–H groups in total. The number of rotatable bonds is 2. The van der Waals surface area contributed by atoms with Gasteiger partial charge in [-0.1, -0.05) is 60.2 Å². The molecule has 1 amide bonds. The van der Waals surface area contributed by atoms with Crippen molar-refractivity contribution >= 4 is 6.09 Å². The number of amides is 1. The Hall–Kier alpha value is -2.55. The maximum absolute atomic E-state index is 13.1. The number of benzene rings is 2. The van der Waals surface area contributed by atoms with E-state index in [1.807, 2.05) is 0 Å². The summed E-state index contributed by atoms with van der Waals surface area (Å²) >= 11 is 0. The Morgan fingerprint density at radius 3 is 2.14 bits per heavy atom. The highest BCUT2D eigenvalue weighted by Crippen LogP contribution is 2.45. The van der Waals surface area contributed by atoms with Crippen LogP contribution in [0.25, 0.3) is 11.1 Å². The second-order valence-corrected chi connectivity index (χ2v) is 8.30. The summed E-state index contributed by atoms with van der Waals surface area (Å²) in [5.41, 5.74) is 6.58. The predicted octanol–water partition coefficient (Wildman–Crippen LogP) is 5.90. The van der Waals surface area contributed by atoms with Gasteiger partial charge in [-0.2, -0.15) is 0 Å². The molecule has 0 radical (unpaired) electrons. The second-order valence-electron chi connectivity index (χ2n) is 8.30. The summed E-state index contributed by atoms with van der Waals surface area (Å²) in [5.74, 6) is 0.132. The topological polar surface area (TPSA) is 29.5 Å². The van der Waals surface area contributed by atoms with Gasteiger partial charge in [0.15, 0.2) is 0 Å². The molecular formula is C25H27NO2. The Balaban J connectivity index is 1.35. The lowest BCUT2D eigenvalue weighted by atomic mass is 9.82. The van der Waals surface area contributed by atoms with Crippen molar-refractivity contribution in [1.82, 2.24) is 4.90 Å². The molecule has 0 aromatic heterocycles. The smallest absolute Gasteiger partial charge is 0.410 e. The molecule has 2 aromatic carbocycles. The number of allylic oxidation sites excluding steroid dienone is 1. The minimum absolute atomic E-state index is 0.119. The predicted molar refractivity (Wildman–Crippen MR) is 111 cm³/mol. The van der Waals surface area contributed by atoms with Crippen molar-refractivity contribution in [2.24, 2.45) is 0 Å². The van der Waals surface area contributed by atoms with Crippen molar-refractivity contribution in [2.75, 3.05) is 6.61 Å². The molecule has 3 aliphatic rings. The molecule has 1 aliphatic carbocycles. The van der Waals surface area contributed by atoms with Crippen molar-refractivity contribution in [3.05, 3.63) is 71.3 Å². The first kappa shape index (κ1) is 17.5. The Kier molecular flexibility index (Phi) is 4.46. The third-order valence-electron chi connectivity index (χ3n) is 6.81. The number of piperidine rings is 2. The molecule has 3 nitrogen and oxygen atoms in total. The van der Waals surface area contributed by atoms with E-state index in [1.165, 1.54) is 34.2 Å². The molecule has 3 heteroatoms. The van der Waals surface area contributed by atoms with Crippen molar-refractivity contribution in [2.45, 2.75) is 57.0 Å². The summed E-state index contributed by atoms with van der Waals surface area (Å²) < 4.78 is 5.95. The average molecular weight is 373 g/mol. The van der Waals surface area contributed by atoms with Crippen LogP contribution in [0.1, 0.15) is 56.1 Å². The van der Waals surface area contributed by atoms with Crippen LogP contribution in [-0.4, -0.2) is 29.7 Å². The molecule has 2 fully saturated rings. The van der Waals surface area contributed by atoms with Crippen LogP contribution in [0.4, 0.5) is 4.79 Å². The minimum atomic E-state index is -0.119. The zero-order valence-electron chi connectivity index (χ0n) is 16.4. The van der Waals surface area contributed by atoms with Crippen LogP contribution in [0.3, 0.4) is 0 Å². The van der Waals surface area contributed by atoms with E-state index in [9.17, 15) is 4.79 Å². The summed E-state index contributed by atoms with van der Waals surface area (Å²) in [4.78, 5) is 15.1. The number of carbonyl (C=O) groups is 1. The summed E-state index contributed by atoms with van der Waals surface area (Å²) in [6.07, 6.45) is 7.55. The van der Waals surface area contributed by atoms with Gasteiger partial charge >= 0.3 is 6.09 Å². The Bertz CT molecular complexity index is 870. The van der Waals surface area contributed by atoms with Crippen LogP contribution in [0.5, 0.6) is 0 Å². The van der Waals surface area contributed by atoms with Crippen LogP contribution < -0.4 is 0 Å². The van der Waals surface area contributed by atoms with E-state index in [1.54, 1.807) is 0 Å². The number of nitrogens with zero attached hydrogens (tertiary/aromatic N) is 1. The van der Waals surface area contributed by atoms with Crippen LogP contribution in [0, 0.1) is 0 Å². The molecule has 28 heavy (non-hydrogen) atoms. The lowest BCUT2D eigenvalue weighted by molar-refractivity contribution is 0.0337. The lowest BCUT2D eigenvalue weighted by Gasteiger charge is -2.46. The maximum Gasteiger partial charge on any atom is 0.410 e. The number of hydrogen-bond donors (Lipinski definition) is 0. The summed E-state index contributed by atoms with van der Waals surface area (Å²) in [5, 5.41) is 0. The Morgan fingerprint density at radius 2 is 1.57 bits per heavy atom. The maximum atomic E-state index is 13.1. The summed E-state index contributed by atoms with van der Waals surface area (Å²) in [7, 11) is 0. The largest absolute Gasteiger partial charge is 0.448 e. The van der Waals surface area contributed by atoms with E-state index in [2.05, 4.69) is 66.4 Å². The SMILES string of the molecule is CC=C1CC2CCCC(C1)N2C(=O)OCC1c2ccccc2-c2ccccc21. The van der Waals surface area contributed by atoms with Gasteiger partial charge in [0.25, 0.3) is 0 Å². The van der Waals surface area contributed by atoms with Crippen molar-refractivity contribution in [1.29, 1.82) is 0 Å². The van der Waals surface area contributed by atoms with E-state index in [0.717, 1.165) is 25.7 Å². The van der Waals surface area contributed by atoms with Gasteiger partial charge in [0, 0.05) is 18.0 Å². The molecular weight excluding hydrogens is 346 g/mol. The highest BCUT2D eigenvalue weighted by atomic mass is 16.6. The molecule has 2 atom stereocenters. The number of hydrogen-bond acceptors (Lipinski definition) is 2. The fourth-order valence-corrected chi connectivity index (χ4v) is 5.46. The van der Waals surface area contributed by atoms with Crippen LogP contribution in [0.2, 0.25) is 0 Å². The molecule has 2 saturated heterocycles. The first-order valence-corrected chi connectivity index (χ1v) is 10.5. The van der Waals surface area contributed by atoms with E-state index in [4.69, 9.17) is 4.74 Å². The molecule has 0 spiro atoms. The van der Waals surface area contributed by atoms with E-state index in [-0.39, 0.29) is 12.0 Å². The van der Waals surface area contributed by atoms with Gasteiger partial charge in [0.1, 0.15) is 6.61 Å². The zero-order valence-corrected chi connectivity index (χ0v) is 16.4. The van der Waals surface area contributed by atoms with Gasteiger partial charge in [-0.15, -0.1) is 0 Å². The van der Waals surface area contributed by atoms with Gasteiger partial charge < -0.3 is 9.64 Å². The highest BCUT2D eigenvalue weighted by molar-refractivity contribution is 5.79. The van der Waals surface area contributed by atoms with E-state index < -0.39 is 0 Å². The van der Waals surface area contributed by atoms with Crippen LogP contribution in [0.15, 0.2) is 60.2 Å². The molecule has 2 unspecified atom stereocenters. The molecule has 2 bridgehead atoms. The molecule has 2 aliphatic heterocycles. The minimum Gasteiger partial charge on any atom is -0.448 e. The zero-order chi connectivity index (χ0) is 19.1. The molecule has 5 rings (SSSR count). The molecule has 2 heterocycles. The van der Waals surface area contributed by atoms with Gasteiger partial charge in [0.05, 0.1) is 0 Å². The fourth-order valence-electron chi connectivity index (χ4n) is 5.46. The first-order valence-electron chi connectivity index (χ1n) is 10.5. The second kappa shape index (κ2) is 7.12. The third-order valence-corrected chi connectivity index (χ3v) is 6.81. The summed E-state index contributed by atoms with van der Waals surface area (Å²) in [6.45, 7) is 2.54. The average Bonchev–Trinajstić information content (AvgIpc) is 3.05. The number of ether oxygens (including phenoxy) is 1. The highest BCUT2D eigenvalue weighted by Gasteiger charge is 2.40. The van der Waals surface area contributed by atoms with Gasteiger partial charge in [-0.05, 0) is 61.3 Å². The third kappa shape index (κ3) is 2.85. The van der Waals surface area contributed by atoms with Crippen molar-refractivity contribution < 1.29 is 9.53 Å². The van der Waals surface area contributed by atoms with Gasteiger partial charge in [-0.25, -0.2) is 4.79 Å². The Labute approximate surface area is 167 Å². The van der Waals surface area contributed by atoms with Crippen LogP contribution in [-0.2, 0) is 4.74 Å². The van der Waals surface area contributed by atoms with Crippen molar-refractivity contribution in [3.63, 3.8) is 0 Å². The normalized spacial score (nSPS) is 23.2. The van der Waals surface area contributed by atoms with E-state index >= 15 is 0 Å². The molecule has 0 saturated carbocycles.